The van der Waals surface area contributed by atoms with Crippen molar-refractivity contribution in [1.29, 1.82) is 0 Å². The van der Waals surface area contributed by atoms with E-state index in [1.54, 1.807) is 24.3 Å². The molecule has 0 saturated heterocycles. The summed E-state index contributed by atoms with van der Waals surface area (Å²) >= 11 is 0. The Morgan fingerprint density at radius 1 is 1.31 bits per heavy atom. The molecule has 3 nitrogen and oxygen atoms in total. The molecule has 0 radical (unpaired) electrons. The van der Waals surface area contributed by atoms with E-state index < -0.39 is 5.78 Å². The second-order valence-corrected chi connectivity index (χ2v) is 3.21. The first-order valence-corrected chi connectivity index (χ1v) is 5.00. The summed E-state index contributed by atoms with van der Waals surface area (Å²) in [6.45, 7) is 2.77. The number of hydrogen-bond acceptors (Lipinski definition) is 3. The maximum atomic E-state index is 11.0. The zero-order valence-corrected chi connectivity index (χ0v) is 8.73. The normalized spacial score (nSPS) is 9.06. The topological polar surface area (TPSA) is 43.4 Å². The number of rotatable bonds is 6. The van der Waals surface area contributed by atoms with Gasteiger partial charge in [-0.3, -0.25) is 9.59 Å². The van der Waals surface area contributed by atoms with Crippen LogP contribution in [0.3, 0.4) is 0 Å². The van der Waals surface area contributed by atoms with Crippen LogP contribution in [0.1, 0.15) is 30.1 Å². The number of Topliss-reactive ketones (excluding diaryl/α,β-unsaturated/α-hetero) is 1. The number of carbonyl (C=O) groups excluding carboxylic acids is 2. The molecule has 0 N–H and O–H groups in total. The molecule has 0 fully saturated rings. The summed E-state index contributed by atoms with van der Waals surface area (Å²) in [5, 5.41) is 0. The summed E-state index contributed by atoms with van der Waals surface area (Å²) in [5.41, 5.74) is 0.396. The van der Waals surface area contributed by atoms with Gasteiger partial charge in [-0.1, -0.05) is 13.3 Å². The van der Waals surface area contributed by atoms with Crippen LogP contribution in [0.25, 0.3) is 0 Å². The van der Waals surface area contributed by atoms with Crippen molar-refractivity contribution < 1.29 is 14.3 Å². The second kappa shape index (κ2) is 8.50. The number of aldehydes is 1. The van der Waals surface area contributed by atoms with E-state index >= 15 is 0 Å². The molecular weight excluding hydrogens is 215 g/mol. The average molecular weight is 230 g/mol. The zero-order valence-electron chi connectivity index (χ0n) is 8.73. The summed E-state index contributed by atoms with van der Waals surface area (Å²) in [7, 11) is 0. The summed E-state index contributed by atoms with van der Waals surface area (Å²) in [5.74, 6) is 0.223. The molecule has 0 aliphatic heterocycles. The third-order valence-corrected chi connectivity index (χ3v) is 2.01. The third kappa shape index (κ3) is 4.92. The molecule has 0 amide bonds. The van der Waals surface area contributed by atoms with E-state index in [0.29, 0.717) is 18.5 Å². The molecule has 4 heteroatoms. The van der Waals surface area contributed by atoms with Gasteiger partial charge in [0, 0.05) is 5.56 Å². The van der Waals surface area contributed by atoms with Crippen molar-refractivity contribution >= 4 is 41.6 Å². The standard InChI is InChI=1S/C12H14O3.Na.H/c1-2-3-8-15-11-6-4-10(5-7-11)12(14)9-13;;/h4-7,9H,2-3,8H2,1H3;;. The van der Waals surface area contributed by atoms with Crippen LogP contribution in [0.2, 0.25) is 0 Å². The number of ketones is 1. The maximum absolute atomic E-state index is 11.0. The minimum atomic E-state index is -0.505. The Bertz CT molecular complexity index is 333. The molecule has 0 aromatic heterocycles. The molecule has 0 saturated carbocycles. The van der Waals surface area contributed by atoms with Gasteiger partial charge in [-0.2, -0.15) is 0 Å². The predicted octanol–water partition coefficient (Wildman–Crippen LogP) is 1.60. The van der Waals surface area contributed by atoms with Crippen molar-refractivity contribution in [3.8, 4) is 5.75 Å². The van der Waals surface area contributed by atoms with Crippen LogP contribution < -0.4 is 4.74 Å². The molecule has 0 aliphatic carbocycles. The van der Waals surface area contributed by atoms with Crippen LogP contribution in [-0.2, 0) is 4.79 Å². The van der Waals surface area contributed by atoms with Crippen molar-refractivity contribution in [3.05, 3.63) is 29.8 Å². The Balaban J connectivity index is 0.00000225. The van der Waals surface area contributed by atoms with Gasteiger partial charge in [-0.05, 0) is 30.7 Å². The van der Waals surface area contributed by atoms with E-state index in [-0.39, 0.29) is 29.6 Å². The van der Waals surface area contributed by atoms with E-state index in [2.05, 4.69) is 6.92 Å². The molecule has 16 heavy (non-hydrogen) atoms. The van der Waals surface area contributed by atoms with E-state index in [0.717, 1.165) is 18.6 Å². The van der Waals surface area contributed by atoms with Gasteiger partial charge in [0.2, 0.25) is 5.78 Å². The predicted molar refractivity (Wildman–Crippen MR) is 64.4 cm³/mol. The first kappa shape index (κ1) is 15.4. The minimum absolute atomic E-state index is 0. The molecule has 0 atom stereocenters. The van der Waals surface area contributed by atoms with Gasteiger partial charge in [0.1, 0.15) is 5.75 Å². The molecule has 0 spiro atoms. The Hall–Kier alpha value is -0.640. The number of carbonyl (C=O) groups is 2. The third-order valence-electron chi connectivity index (χ3n) is 2.01. The fourth-order valence-corrected chi connectivity index (χ4v) is 1.12. The average Bonchev–Trinajstić information content (AvgIpc) is 2.29. The molecule has 0 aliphatic rings. The summed E-state index contributed by atoms with van der Waals surface area (Å²) in [6.07, 6.45) is 2.41. The molecule has 1 aromatic carbocycles. The fourth-order valence-electron chi connectivity index (χ4n) is 1.12. The Morgan fingerprint density at radius 2 is 1.94 bits per heavy atom. The first-order chi connectivity index (χ1) is 7.27. The molecule has 1 rings (SSSR count). The zero-order chi connectivity index (χ0) is 11.1. The molecule has 82 valence electrons. The van der Waals surface area contributed by atoms with E-state index in [1.165, 1.54) is 0 Å². The van der Waals surface area contributed by atoms with Crippen LogP contribution in [-0.4, -0.2) is 48.2 Å². The SMILES string of the molecule is CCCCOc1ccc(C(=O)C=O)cc1.[NaH]. The Morgan fingerprint density at radius 3 is 2.44 bits per heavy atom. The van der Waals surface area contributed by atoms with Crippen molar-refractivity contribution in [2.45, 2.75) is 19.8 Å². The Kier molecular flexibility index (Phi) is 8.16. The van der Waals surface area contributed by atoms with Crippen LogP contribution in [0.5, 0.6) is 5.75 Å². The van der Waals surface area contributed by atoms with E-state index in [4.69, 9.17) is 4.74 Å². The summed E-state index contributed by atoms with van der Waals surface area (Å²) in [6, 6.07) is 6.59. The van der Waals surface area contributed by atoms with Crippen molar-refractivity contribution in [2.24, 2.45) is 0 Å². The number of hydrogen-bond donors (Lipinski definition) is 0. The van der Waals surface area contributed by atoms with E-state index in [9.17, 15) is 9.59 Å². The van der Waals surface area contributed by atoms with Gasteiger partial charge < -0.3 is 4.74 Å². The monoisotopic (exact) mass is 230 g/mol. The Labute approximate surface area is 117 Å². The molecule has 0 unspecified atom stereocenters. The van der Waals surface area contributed by atoms with Crippen molar-refractivity contribution in [1.82, 2.24) is 0 Å². The van der Waals surface area contributed by atoms with Crippen molar-refractivity contribution in [3.63, 3.8) is 0 Å². The molecular formula is C12H15NaO3. The van der Waals surface area contributed by atoms with Crippen LogP contribution in [0, 0.1) is 0 Å². The van der Waals surface area contributed by atoms with Crippen molar-refractivity contribution in [2.75, 3.05) is 6.61 Å². The van der Waals surface area contributed by atoms with Crippen LogP contribution in [0.4, 0.5) is 0 Å². The molecule has 0 heterocycles. The van der Waals surface area contributed by atoms with Crippen LogP contribution >= 0.6 is 0 Å². The van der Waals surface area contributed by atoms with Gasteiger partial charge in [0.05, 0.1) is 6.61 Å². The van der Waals surface area contributed by atoms with Gasteiger partial charge in [0.15, 0.2) is 6.29 Å². The second-order valence-electron chi connectivity index (χ2n) is 3.21. The fraction of sp³-hybridized carbons (Fsp3) is 0.333. The summed E-state index contributed by atoms with van der Waals surface area (Å²) in [4.78, 5) is 21.2. The number of ether oxygens (including phenoxy) is 1. The summed E-state index contributed by atoms with van der Waals surface area (Å²) < 4.78 is 5.42. The van der Waals surface area contributed by atoms with Gasteiger partial charge in [-0.15, -0.1) is 0 Å². The van der Waals surface area contributed by atoms with Crippen LogP contribution in [0.15, 0.2) is 24.3 Å². The van der Waals surface area contributed by atoms with Gasteiger partial charge >= 0.3 is 29.6 Å². The van der Waals surface area contributed by atoms with Gasteiger partial charge in [-0.25, -0.2) is 0 Å². The quantitative estimate of drug-likeness (QED) is 0.245. The number of benzene rings is 1. The number of unbranched alkanes of at least 4 members (excludes halogenated alkanes) is 1. The molecule has 0 bridgehead atoms. The molecule has 1 aromatic rings. The van der Waals surface area contributed by atoms with E-state index in [1.807, 2.05) is 0 Å². The van der Waals surface area contributed by atoms with Gasteiger partial charge in [0.25, 0.3) is 0 Å². The first-order valence-electron chi connectivity index (χ1n) is 5.00.